The number of hydrogen-bond acceptors (Lipinski definition) is 5. The van der Waals surface area contributed by atoms with Gasteiger partial charge in [0, 0.05) is 12.5 Å². The zero-order valence-corrected chi connectivity index (χ0v) is 16.9. The van der Waals surface area contributed by atoms with Gasteiger partial charge in [0.05, 0.1) is 0 Å². The van der Waals surface area contributed by atoms with Crippen LogP contribution in [-0.2, 0) is 9.59 Å². The molecule has 9 nitrogen and oxygen atoms in total. The number of piperidine rings is 3. The minimum atomic E-state index is -1.08. The minimum Gasteiger partial charge on any atom is -0.480 e. The monoisotopic (exact) mass is 410 g/mol. The molecule has 4 fully saturated rings. The average molecular weight is 411 g/mol. The molecular formula is C20H34N4O5. The first-order valence-corrected chi connectivity index (χ1v) is 10.9. The molecule has 3 heterocycles. The highest BCUT2D eigenvalue weighted by Crippen LogP contribution is 2.35. The second-order valence-electron chi connectivity index (χ2n) is 8.84. The van der Waals surface area contributed by atoms with E-state index < -0.39 is 30.1 Å². The lowest BCUT2D eigenvalue weighted by Gasteiger charge is -2.46. The van der Waals surface area contributed by atoms with Crippen LogP contribution in [0.1, 0.15) is 44.9 Å². The van der Waals surface area contributed by atoms with Crippen molar-refractivity contribution in [2.45, 2.75) is 57.0 Å². The van der Waals surface area contributed by atoms with Gasteiger partial charge in [-0.1, -0.05) is 19.3 Å². The van der Waals surface area contributed by atoms with Crippen LogP contribution in [0.3, 0.4) is 0 Å². The fourth-order valence-corrected chi connectivity index (χ4v) is 5.66. The Morgan fingerprint density at radius 1 is 0.931 bits per heavy atom. The highest BCUT2D eigenvalue weighted by Gasteiger charge is 2.43. The molecule has 0 aromatic heterocycles. The molecule has 6 N–H and O–H groups in total. The summed E-state index contributed by atoms with van der Waals surface area (Å²) in [6.45, 7) is 3.10. The van der Waals surface area contributed by atoms with Crippen LogP contribution in [0.15, 0.2) is 0 Å². The molecule has 3 saturated heterocycles. The molecule has 3 aliphatic heterocycles. The molecule has 0 radical (unpaired) electrons. The zero-order chi connectivity index (χ0) is 21.0. The standard InChI is InChI=1S/C20H34N4O5/c21-8-5-12-3-1-2-4-14(12)16(18(25)26)22-20(29)23-17(19(27)28)15-11-24-9-6-13(15)7-10-24/h12-17H,1-11,21H2,(H,25,26)(H,27,28)(H2,22,23,29)/t12?,14-,15-,16?,17?/m0/s1. The van der Waals surface area contributed by atoms with E-state index in [0.717, 1.165) is 58.0 Å². The fraction of sp³-hybridized carbons (Fsp3) is 0.850. The number of carbonyl (C=O) groups excluding carboxylic acids is 1. The van der Waals surface area contributed by atoms with Crippen LogP contribution in [-0.4, -0.2) is 71.3 Å². The topological polar surface area (TPSA) is 145 Å². The first kappa shape index (κ1) is 21.8. The van der Waals surface area contributed by atoms with Crippen molar-refractivity contribution in [1.29, 1.82) is 0 Å². The Labute approximate surface area is 171 Å². The predicted molar refractivity (Wildman–Crippen MR) is 106 cm³/mol. The van der Waals surface area contributed by atoms with E-state index >= 15 is 0 Å². The number of nitrogens with two attached hydrogens (primary N) is 1. The second kappa shape index (κ2) is 9.75. The third kappa shape index (κ3) is 5.19. The molecule has 29 heavy (non-hydrogen) atoms. The smallest absolute Gasteiger partial charge is 0.326 e. The molecular weight excluding hydrogens is 376 g/mol. The Balaban J connectivity index is 1.65. The van der Waals surface area contributed by atoms with Gasteiger partial charge >= 0.3 is 18.0 Å². The van der Waals surface area contributed by atoms with Crippen molar-refractivity contribution in [2.75, 3.05) is 26.2 Å². The van der Waals surface area contributed by atoms with Crippen molar-refractivity contribution >= 4 is 18.0 Å². The number of aliphatic carboxylic acids is 2. The highest BCUT2D eigenvalue weighted by molar-refractivity contribution is 5.86. The van der Waals surface area contributed by atoms with Gasteiger partial charge in [0.1, 0.15) is 12.1 Å². The lowest BCUT2D eigenvalue weighted by atomic mass is 9.73. The maximum atomic E-state index is 12.6. The van der Waals surface area contributed by atoms with Crippen molar-refractivity contribution in [3.8, 4) is 0 Å². The Morgan fingerprint density at radius 2 is 1.52 bits per heavy atom. The third-order valence-corrected chi connectivity index (χ3v) is 7.17. The van der Waals surface area contributed by atoms with Gasteiger partial charge in [-0.15, -0.1) is 0 Å². The maximum absolute atomic E-state index is 12.6. The number of hydrogen-bond donors (Lipinski definition) is 5. The number of rotatable bonds is 8. The molecule has 1 aliphatic carbocycles. The summed E-state index contributed by atoms with van der Waals surface area (Å²) in [5, 5.41) is 24.6. The number of amides is 2. The van der Waals surface area contributed by atoms with Crippen LogP contribution < -0.4 is 16.4 Å². The summed E-state index contributed by atoms with van der Waals surface area (Å²) < 4.78 is 0. The normalized spacial score (nSPS) is 33.5. The van der Waals surface area contributed by atoms with Gasteiger partial charge in [-0.3, -0.25) is 0 Å². The van der Waals surface area contributed by atoms with E-state index in [9.17, 15) is 24.6 Å². The van der Waals surface area contributed by atoms with Crippen LogP contribution in [0.4, 0.5) is 4.79 Å². The second-order valence-corrected chi connectivity index (χ2v) is 8.84. The third-order valence-electron chi connectivity index (χ3n) is 7.17. The Hall–Kier alpha value is -1.87. The van der Waals surface area contributed by atoms with E-state index in [1.807, 2.05) is 0 Å². The van der Waals surface area contributed by atoms with E-state index in [2.05, 4.69) is 15.5 Å². The summed E-state index contributed by atoms with van der Waals surface area (Å²) in [5.41, 5.74) is 5.69. The Kier molecular flexibility index (Phi) is 7.34. The number of carbonyl (C=O) groups is 3. The number of carboxylic acid groups (broad SMARTS) is 2. The van der Waals surface area contributed by atoms with Crippen LogP contribution in [0.5, 0.6) is 0 Å². The first-order valence-electron chi connectivity index (χ1n) is 10.9. The van der Waals surface area contributed by atoms with Crippen LogP contribution >= 0.6 is 0 Å². The van der Waals surface area contributed by atoms with Crippen LogP contribution in [0, 0.1) is 23.7 Å². The number of fused-ring (bicyclic) bond motifs is 3. The van der Waals surface area contributed by atoms with Crippen LogP contribution in [0.2, 0.25) is 0 Å². The lowest BCUT2D eigenvalue weighted by molar-refractivity contribution is -0.143. The molecule has 9 heteroatoms. The molecule has 0 spiro atoms. The molecule has 5 atom stereocenters. The summed E-state index contributed by atoms with van der Waals surface area (Å²) in [6, 6.07) is -2.75. The number of urea groups is 1. The molecule has 0 aromatic carbocycles. The highest BCUT2D eigenvalue weighted by atomic mass is 16.4. The predicted octanol–water partition coefficient (Wildman–Crippen LogP) is 0.689. The molecule has 4 aliphatic rings. The molecule has 1 saturated carbocycles. The van der Waals surface area contributed by atoms with Crippen molar-refractivity contribution in [3.63, 3.8) is 0 Å². The van der Waals surface area contributed by atoms with Gasteiger partial charge in [0.25, 0.3) is 0 Å². The lowest BCUT2D eigenvalue weighted by Crippen LogP contribution is -2.60. The largest absolute Gasteiger partial charge is 0.480 e. The number of nitrogens with zero attached hydrogens (tertiary/aromatic N) is 1. The van der Waals surface area contributed by atoms with Crippen molar-refractivity contribution < 1.29 is 24.6 Å². The molecule has 2 amide bonds. The van der Waals surface area contributed by atoms with Crippen molar-refractivity contribution in [2.24, 2.45) is 29.4 Å². The van der Waals surface area contributed by atoms with E-state index in [0.29, 0.717) is 13.1 Å². The molecule has 164 valence electrons. The van der Waals surface area contributed by atoms with Crippen molar-refractivity contribution in [1.82, 2.24) is 15.5 Å². The molecule has 3 unspecified atom stereocenters. The van der Waals surface area contributed by atoms with Gasteiger partial charge < -0.3 is 31.5 Å². The average Bonchev–Trinajstić information content (AvgIpc) is 2.71. The fourth-order valence-electron chi connectivity index (χ4n) is 5.66. The SMILES string of the molecule is NCCC1CCCC[C@@H]1C(NC(=O)NC(C(=O)O)[C@H]1CN2CCC1CC2)C(=O)O. The summed E-state index contributed by atoms with van der Waals surface area (Å²) >= 11 is 0. The van der Waals surface area contributed by atoms with Gasteiger partial charge in [0.15, 0.2) is 0 Å². The molecule has 4 rings (SSSR count). The van der Waals surface area contributed by atoms with Gasteiger partial charge in [-0.2, -0.15) is 0 Å². The zero-order valence-electron chi connectivity index (χ0n) is 16.9. The molecule has 0 aromatic rings. The van der Waals surface area contributed by atoms with E-state index in [-0.39, 0.29) is 23.7 Å². The minimum absolute atomic E-state index is 0.149. The Morgan fingerprint density at radius 3 is 2.03 bits per heavy atom. The summed E-state index contributed by atoms with van der Waals surface area (Å²) in [4.78, 5) is 38.7. The summed E-state index contributed by atoms with van der Waals surface area (Å²) in [6.07, 6.45) is 6.22. The molecule has 2 bridgehead atoms. The number of carboxylic acids is 2. The Bertz CT molecular complexity index is 606. The maximum Gasteiger partial charge on any atom is 0.326 e. The quantitative estimate of drug-likeness (QED) is 0.396. The van der Waals surface area contributed by atoms with Gasteiger partial charge in [0.2, 0.25) is 0 Å². The van der Waals surface area contributed by atoms with E-state index in [1.54, 1.807) is 0 Å². The van der Waals surface area contributed by atoms with Gasteiger partial charge in [-0.25, -0.2) is 14.4 Å². The van der Waals surface area contributed by atoms with E-state index in [4.69, 9.17) is 5.73 Å². The summed E-state index contributed by atoms with van der Waals surface area (Å²) in [5.74, 6) is -2.04. The van der Waals surface area contributed by atoms with Crippen molar-refractivity contribution in [3.05, 3.63) is 0 Å². The summed E-state index contributed by atoms with van der Waals surface area (Å²) in [7, 11) is 0. The van der Waals surface area contributed by atoms with E-state index in [1.165, 1.54) is 0 Å². The first-order chi connectivity index (χ1) is 13.9. The van der Waals surface area contributed by atoms with Gasteiger partial charge in [-0.05, 0) is 63.1 Å². The number of nitrogens with one attached hydrogen (secondary N) is 2. The van der Waals surface area contributed by atoms with Crippen LogP contribution in [0.25, 0.3) is 0 Å².